The molecular formula is C12H22N4S. The van der Waals surface area contributed by atoms with Gasteiger partial charge in [-0.25, -0.2) is 0 Å². The van der Waals surface area contributed by atoms with E-state index in [1.54, 1.807) is 0 Å². The third-order valence-electron chi connectivity index (χ3n) is 3.77. The zero-order valence-electron chi connectivity index (χ0n) is 10.9. The topological polar surface area (TPSA) is 55.0 Å². The normalized spacial score (nSPS) is 19.7. The SMILES string of the molecule is CC(C)(C)C1CCN(Cc2nnsc2N)CC1. The number of piperidine rings is 1. The largest absolute Gasteiger partial charge is 0.388 e. The van der Waals surface area contributed by atoms with Gasteiger partial charge >= 0.3 is 0 Å². The van der Waals surface area contributed by atoms with Crippen molar-refractivity contribution in [2.24, 2.45) is 11.3 Å². The molecule has 0 spiro atoms. The molecule has 0 aromatic carbocycles. The molecule has 5 heteroatoms. The molecule has 0 saturated carbocycles. The van der Waals surface area contributed by atoms with Crippen molar-refractivity contribution >= 4 is 16.5 Å². The van der Waals surface area contributed by atoms with E-state index in [0.29, 0.717) is 5.41 Å². The van der Waals surface area contributed by atoms with Gasteiger partial charge in [-0.15, -0.1) is 5.10 Å². The van der Waals surface area contributed by atoms with Gasteiger partial charge in [-0.3, -0.25) is 4.90 Å². The van der Waals surface area contributed by atoms with Gasteiger partial charge in [0, 0.05) is 18.1 Å². The second-order valence-electron chi connectivity index (χ2n) is 6.00. The Morgan fingerprint density at radius 1 is 1.35 bits per heavy atom. The van der Waals surface area contributed by atoms with Crippen LogP contribution in [0.25, 0.3) is 0 Å². The van der Waals surface area contributed by atoms with Crippen LogP contribution in [0.3, 0.4) is 0 Å². The highest BCUT2D eigenvalue weighted by molar-refractivity contribution is 7.09. The average molecular weight is 254 g/mol. The number of hydrogen-bond donors (Lipinski definition) is 1. The lowest BCUT2D eigenvalue weighted by molar-refractivity contribution is 0.107. The lowest BCUT2D eigenvalue weighted by atomic mass is 9.75. The second kappa shape index (κ2) is 4.90. The summed E-state index contributed by atoms with van der Waals surface area (Å²) < 4.78 is 3.88. The summed E-state index contributed by atoms with van der Waals surface area (Å²) in [6.45, 7) is 10.2. The van der Waals surface area contributed by atoms with Gasteiger partial charge in [0.05, 0.1) is 0 Å². The summed E-state index contributed by atoms with van der Waals surface area (Å²) in [5, 5.41) is 4.85. The van der Waals surface area contributed by atoms with Crippen LogP contribution in [0.5, 0.6) is 0 Å². The molecule has 0 atom stereocenters. The Labute approximate surface area is 107 Å². The molecule has 96 valence electrons. The van der Waals surface area contributed by atoms with Crippen molar-refractivity contribution in [1.29, 1.82) is 0 Å². The highest BCUT2D eigenvalue weighted by Crippen LogP contribution is 2.34. The second-order valence-corrected chi connectivity index (χ2v) is 6.79. The Hall–Kier alpha value is -0.680. The molecule has 1 aromatic rings. The molecule has 2 N–H and O–H groups in total. The molecule has 0 radical (unpaired) electrons. The Bertz CT molecular complexity index is 361. The Morgan fingerprint density at radius 3 is 2.47 bits per heavy atom. The van der Waals surface area contributed by atoms with Crippen molar-refractivity contribution in [3.63, 3.8) is 0 Å². The Morgan fingerprint density at radius 2 is 2.00 bits per heavy atom. The zero-order valence-corrected chi connectivity index (χ0v) is 11.8. The molecule has 2 rings (SSSR count). The van der Waals surface area contributed by atoms with Crippen LogP contribution in [-0.2, 0) is 6.54 Å². The third-order valence-corrected chi connectivity index (χ3v) is 4.37. The standard InChI is InChI=1S/C12H22N4S/c1-12(2,3)9-4-6-16(7-5-9)8-10-11(13)17-15-14-10/h9H,4-8,13H2,1-3H3. The molecule has 0 aliphatic carbocycles. The van der Waals surface area contributed by atoms with Crippen molar-refractivity contribution in [1.82, 2.24) is 14.5 Å². The fraction of sp³-hybridized carbons (Fsp3) is 0.833. The minimum atomic E-state index is 0.438. The van der Waals surface area contributed by atoms with Crippen LogP contribution in [0, 0.1) is 11.3 Å². The predicted octanol–water partition coefficient (Wildman–Crippen LogP) is 2.38. The molecule has 0 amide bonds. The van der Waals surface area contributed by atoms with E-state index in [4.69, 9.17) is 5.73 Å². The quantitative estimate of drug-likeness (QED) is 0.880. The summed E-state index contributed by atoms with van der Waals surface area (Å²) in [6, 6.07) is 0. The van der Waals surface area contributed by atoms with E-state index < -0.39 is 0 Å². The minimum absolute atomic E-state index is 0.438. The van der Waals surface area contributed by atoms with E-state index in [0.717, 1.165) is 36.2 Å². The zero-order chi connectivity index (χ0) is 12.5. The summed E-state index contributed by atoms with van der Waals surface area (Å²) in [7, 11) is 0. The first kappa shape index (κ1) is 12.8. The van der Waals surface area contributed by atoms with E-state index >= 15 is 0 Å². The van der Waals surface area contributed by atoms with E-state index in [-0.39, 0.29) is 0 Å². The van der Waals surface area contributed by atoms with Crippen LogP contribution < -0.4 is 5.73 Å². The van der Waals surface area contributed by atoms with Gasteiger partial charge in [0.15, 0.2) is 0 Å². The summed E-state index contributed by atoms with van der Waals surface area (Å²) in [6.07, 6.45) is 2.56. The van der Waals surface area contributed by atoms with Crippen LogP contribution in [0.4, 0.5) is 5.00 Å². The van der Waals surface area contributed by atoms with Gasteiger partial charge < -0.3 is 5.73 Å². The lowest BCUT2D eigenvalue weighted by Crippen LogP contribution is -2.37. The smallest absolute Gasteiger partial charge is 0.132 e. The molecule has 0 unspecified atom stereocenters. The van der Waals surface area contributed by atoms with Crippen LogP contribution >= 0.6 is 11.5 Å². The van der Waals surface area contributed by atoms with Gasteiger partial charge in [-0.1, -0.05) is 25.3 Å². The first-order valence-electron chi connectivity index (χ1n) is 6.26. The van der Waals surface area contributed by atoms with Crippen molar-refractivity contribution in [2.45, 2.75) is 40.2 Å². The number of hydrogen-bond acceptors (Lipinski definition) is 5. The van der Waals surface area contributed by atoms with Crippen LogP contribution in [0.1, 0.15) is 39.3 Å². The van der Waals surface area contributed by atoms with Crippen molar-refractivity contribution in [2.75, 3.05) is 18.8 Å². The summed E-state index contributed by atoms with van der Waals surface area (Å²) in [4.78, 5) is 2.44. The van der Waals surface area contributed by atoms with Gasteiger partial charge in [0.25, 0.3) is 0 Å². The molecule has 2 heterocycles. The number of likely N-dealkylation sites (tertiary alicyclic amines) is 1. The van der Waals surface area contributed by atoms with E-state index in [2.05, 4.69) is 35.3 Å². The fourth-order valence-corrected chi connectivity index (χ4v) is 2.93. The van der Waals surface area contributed by atoms with Crippen molar-refractivity contribution < 1.29 is 0 Å². The fourth-order valence-electron chi connectivity index (χ4n) is 2.49. The molecule has 1 aliphatic rings. The molecule has 17 heavy (non-hydrogen) atoms. The van der Waals surface area contributed by atoms with E-state index in [1.165, 1.54) is 24.4 Å². The molecule has 1 fully saturated rings. The highest BCUT2D eigenvalue weighted by Gasteiger charge is 2.29. The maximum absolute atomic E-state index is 5.82. The summed E-state index contributed by atoms with van der Waals surface area (Å²) in [5.41, 5.74) is 7.21. The Balaban J connectivity index is 1.86. The molecule has 1 aliphatic heterocycles. The number of nitrogen functional groups attached to an aromatic ring is 1. The number of nitrogens with two attached hydrogens (primary N) is 1. The molecule has 4 nitrogen and oxygen atoms in total. The van der Waals surface area contributed by atoms with Crippen molar-refractivity contribution in [3.05, 3.63) is 5.69 Å². The highest BCUT2D eigenvalue weighted by atomic mass is 32.1. The van der Waals surface area contributed by atoms with Gasteiger partial charge in [-0.2, -0.15) is 0 Å². The van der Waals surface area contributed by atoms with Crippen LogP contribution in [-0.4, -0.2) is 27.6 Å². The average Bonchev–Trinajstić information content (AvgIpc) is 2.64. The Kier molecular flexibility index (Phi) is 3.68. The predicted molar refractivity (Wildman–Crippen MR) is 71.8 cm³/mol. The lowest BCUT2D eigenvalue weighted by Gasteiger charge is -2.38. The maximum atomic E-state index is 5.82. The van der Waals surface area contributed by atoms with Crippen LogP contribution in [0.2, 0.25) is 0 Å². The van der Waals surface area contributed by atoms with E-state index in [1.807, 2.05) is 0 Å². The number of anilines is 1. The summed E-state index contributed by atoms with van der Waals surface area (Å²) >= 11 is 1.29. The molecule has 1 aromatic heterocycles. The van der Waals surface area contributed by atoms with Crippen LogP contribution in [0.15, 0.2) is 0 Å². The minimum Gasteiger partial charge on any atom is -0.388 e. The summed E-state index contributed by atoms with van der Waals surface area (Å²) in [5.74, 6) is 0.838. The number of aromatic nitrogens is 2. The first-order valence-corrected chi connectivity index (χ1v) is 7.03. The molecule has 0 bridgehead atoms. The molecular weight excluding hydrogens is 232 g/mol. The van der Waals surface area contributed by atoms with Gasteiger partial charge in [0.1, 0.15) is 10.7 Å². The third kappa shape index (κ3) is 3.16. The number of rotatable bonds is 2. The van der Waals surface area contributed by atoms with Gasteiger partial charge in [-0.05, 0) is 37.3 Å². The van der Waals surface area contributed by atoms with E-state index in [9.17, 15) is 0 Å². The van der Waals surface area contributed by atoms with Gasteiger partial charge in [0.2, 0.25) is 0 Å². The molecule has 1 saturated heterocycles. The monoisotopic (exact) mass is 254 g/mol. The number of nitrogens with zero attached hydrogens (tertiary/aromatic N) is 3. The van der Waals surface area contributed by atoms with Crippen molar-refractivity contribution in [3.8, 4) is 0 Å². The first-order chi connectivity index (χ1) is 7.97. The maximum Gasteiger partial charge on any atom is 0.132 e.